The molecule has 0 spiro atoms. The molecule has 6 rings (SSSR count). The summed E-state index contributed by atoms with van der Waals surface area (Å²) in [5.74, 6) is 3.75. The molecule has 1 saturated heterocycles. The Kier molecular flexibility index (Phi) is 13.8. The van der Waals surface area contributed by atoms with E-state index in [2.05, 4.69) is 98.5 Å². The predicted molar refractivity (Wildman–Crippen MR) is 219 cm³/mol. The molecule has 0 unspecified atom stereocenters. The highest BCUT2D eigenvalue weighted by Gasteiger charge is 2.26. The standard InChI is InChI=1S/C43H47BrN2O6.ClH/c1-47-38-23-33(24-39(48-2)42(38)51-5)31-11-7-9-29(21-31)27-45-19-17-37(18-20-45)46(36-15-13-35(44)14-16-36)28-30-10-8-12-32(22-30)34-25-40(49-3)43(52-6)41(26-34)50-4;/h7-16,21-26,37H,17-20,27-28H2,1-6H3;1H. The summed E-state index contributed by atoms with van der Waals surface area (Å²) in [5.41, 5.74) is 7.97. The molecule has 0 bridgehead atoms. The van der Waals surface area contributed by atoms with Gasteiger partial charge in [-0.15, -0.1) is 12.4 Å². The number of halogens is 2. The average molecular weight is 804 g/mol. The third-order valence-electron chi connectivity index (χ3n) is 9.77. The zero-order chi connectivity index (χ0) is 36.6. The van der Waals surface area contributed by atoms with Crippen molar-refractivity contribution in [1.82, 2.24) is 4.90 Å². The zero-order valence-electron chi connectivity index (χ0n) is 31.2. The minimum absolute atomic E-state index is 0. The molecular formula is C43H48BrClN2O6. The number of hydrogen-bond donors (Lipinski definition) is 0. The Balaban J connectivity index is 0.00000541. The molecular weight excluding hydrogens is 756 g/mol. The molecule has 1 fully saturated rings. The molecule has 0 N–H and O–H groups in total. The normalized spacial score (nSPS) is 13.1. The number of rotatable bonds is 14. The number of benzene rings is 5. The topological polar surface area (TPSA) is 61.9 Å². The first kappa shape index (κ1) is 39.6. The van der Waals surface area contributed by atoms with E-state index in [4.69, 9.17) is 28.4 Å². The third-order valence-corrected chi connectivity index (χ3v) is 10.3. The van der Waals surface area contributed by atoms with E-state index in [1.807, 2.05) is 24.3 Å². The molecule has 53 heavy (non-hydrogen) atoms. The summed E-state index contributed by atoms with van der Waals surface area (Å²) in [6, 6.07) is 34.6. The van der Waals surface area contributed by atoms with Crippen molar-refractivity contribution in [2.45, 2.75) is 32.0 Å². The first-order chi connectivity index (χ1) is 25.4. The number of piperidine rings is 1. The number of anilines is 1. The predicted octanol–water partition coefficient (Wildman–Crippen LogP) is 9.93. The van der Waals surface area contributed by atoms with E-state index in [9.17, 15) is 0 Å². The summed E-state index contributed by atoms with van der Waals surface area (Å²) in [6.07, 6.45) is 2.13. The van der Waals surface area contributed by atoms with Gasteiger partial charge >= 0.3 is 0 Å². The van der Waals surface area contributed by atoms with Gasteiger partial charge in [-0.05, 0) is 107 Å². The molecule has 8 nitrogen and oxygen atoms in total. The van der Waals surface area contributed by atoms with Crippen LogP contribution in [0.1, 0.15) is 24.0 Å². The van der Waals surface area contributed by atoms with E-state index >= 15 is 0 Å². The maximum absolute atomic E-state index is 5.65. The summed E-state index contributed by atoms with van der Waals surface area (Å²) >= 11 is 3.63. The molecule has 0 radical (unpaired) electrons. The minimum Gasteiger partial charge on any atom is -0.493 e. The van der Waals surface area contributed by atoms with Crippen LogP contribution in [0, 0.1) is 0 Å². The second-order valence-corrected chi connectivity index (χ2v) is 13.8. The van der Waals surface area contributed by atoms with Gasteiger partial charge in [0.25, 0.3) is 0 Å². The molecule has 1 aliphatic rings. The minimum atomic E-state index is 0. The van der Waals surface area contributed by atoms with Crippen LogP contribution >= 0.6 is 28.3 Å². The highest BCUT2D eigenvalue weighted by molar-refractivity contribution is 9.10. The van der Waals surface area contributed by atoms with Crippen LogP contribution in [0.3, 0.4) is 0 Å². The van der Waals surface area contributed by atoms with E-state index < -0.39 is 0 Å². The summed E-state index contributed by atoms with van der Waals surface area (Å²) in [5, 5.41) is 0. The summed E-state index contributed by atoms with van der Waals surface area (Å²) < 4.78 is 34.7. The average Bonchev–Trinajstić information content (AvgIpc) is 3.19. The first-order valence-electron chi connectivity index (χ1n) is 17.4. The van der Waals surface area contributed by atoms with Crippen molar-refractivity contribution in [3.05, 3.63) is 113 Å². The van der Waals surface area contributed by atoms with Crippen molar-refractivity contribution in [1.29, 1.82) is 0 Å². The SMILES string of the molecule is COc1cc(-c2cccc(CN3CCC(N(Cc4cccc(-c5cc(OC)c(OC)c(OC)c5)c4)c4ccc(Br)cc4)CC3)c2)cc(OC)c1OC.Cl. The molecule has 0 aromatic heterocycles. The highest BCUT2D eigenvalue weighted by atomic mass is 79.9. The van der Waals surface area contributed by atoms with Crippen LogP contribution in [-0.2, 0) is 13.1 Å². The summed E-state index contributed by atoms with van der Waals surface area (Å²) in [7, 11) is 9.83. The van der Waals surface area contributed by atoms with Gasteiger partial charge < -0.3 is 33.3 Å². The van der Waals surface area contributed by atoms with Gasteiger partial charge in [0.15, 0.2) is 23.0 Å². The number of likely N-dealkylation sites (tertiary alicyclic amines) is 1. The van der Waals surface area contributed by atoms with Crippen LogP contribution in [0.2, 0.25) is 0 Å². The Morgan fingerprint density at radius 1 is 0.566 bits per heavy atom. The zero-order valence-corrected chi connectivity index (χ0v) is 33.6. The van der Waals surface area contributed by atoms with E-state index in [-0.39, 0.29) is 12.4 Å². The lowest BCUT2D eigenvalue weighted by Gasteiger charge is -2.40. The smallest absolute Gasteiger partial charge is 0.203 e. The Labute approximate surface area is 328 Å². The quantitative estimate of drug-likeness (QED) is 0.110. The molecule has 5 aromatic rings. The molecule has 10 heteroatoms. The number of nitrogens with zero attached hydrogens (tertiary/aromatic N) is 2. The third kappa shape index (κ3) is 9.15. The fourth-order valence-corrected chi connectivity index (χ4v) is 7.37. The molecule has 280 valence electrons. The molecule has 0 amide bonds. The van der Waals surface area contributed by atoms with Crippen LogP contribution in [0.5, 0.6) is 34.5 Å². The van der Waals surface area contributed by atoms with Gasteiger partial charge in [-0.3, -0.25) is 4.90 Å². The van der Waals surface area contributed by atoms with Crippen molar-refractivity contribution >= 4 is 34.0 Å². The molecule has 0 saturated carbocycles. The van der Waals surface area contributed by atoms with E-state index in [0.29, 0.717) is 40.5 Å². The van der Waals surface area contributed by atoms with Gasteiger partial charge in [0.1, 0.15) is 0 Å². The van der Waals surface area contributed by atoms with Crippen molar-refractivity contribution in [2.75, 3.05) is 60.6 Å². The Morgan fingerprint density at radius 3 is 1.47 bits per heavy atom. The lowest BCUT2D eigenvalue weighted by molar-refractivity contribution is 0.201. The van der Waals surface area contributed by atoms with Gasteiger partial charge in [-0.2, -0.15) is 0 Å². The Bertz CT molecular complexity index is 1920. The summed E-state index contributed by atoms with van der Waals surface area (Å²) in [6.45, 7) is 3.71. The van der Waals surface area contributed by atoms with Gasteiger partial charge in [0.05, 0.1) is 42.7 Å². The Morgan fingerprint density at radius 2 is 1.02 bits per heavy atom. The monoisotopic (exact) mass is 802 g/mol. The van der Waals surface area contributed by atoms with Crippen LogP contribution in [-0.4, -0.2) is 66.7 Å². The fourth-order valence-electron chi connectivity index (χ4n) is 7.10. The van der Waals surface area contributed by atoms with Crippen LogP contribution in [0.25, 0.3) is 22.3 Å². The number of ether oxygens (including phenoxy) is 6. The first-order valence-corrected chi connectivity index (χ1v) is 18.2. The van der Waals surface area contributed by atoms with Gasteiger partial charge in [0, 0.05) is 42.4 Å². The van der Waals surface area contributed by atoms with Crippen molar-refractivity contribution < 1.29 is 28.4 Å². The van der Waals surface area contributed by atoms with Crippen molar-refractivity contribution in [2.24, 2.45) is 0 Å². The largest absolute Gasteiger partial charge is 0.493 e. The van der Waals surface area contributed by atoms with Gasteiger partial charge in [0.2, 0.25) is 11.5 Å². The van der Waals surface area contributed by atoms with E-state index in [1.165, 1.54) is 16.8 Å². The maximum Gasteiger partial charge on any atom is 0.203 e. The number of hydrogen-bond acceptors (Lipinski definition) is 8. The van der Waals surface area contributed by atoms with Crippen molar-refractivity contribution in [3.63, 3.8) is 0 Å². The van der Waals surface area contributed by atoms with E-state index in [0.717, 1.165) is 65.7 Å². The van der Waals surface area contributed by atoms with E-state index in [1.54, 1.807) is 42.7 Å². The molecule has 1 aliphatic heterocycles. The van der Waals surface area contributed by atoms with Crippen LogP contribution in [0.4, 0.5) is 5.69 Å². The van der Waals surface area contributed by atoms with Gasteiger partial charge in [-0.1, -0.05) is 52.3 Å². The number of methoxy groups -OCH3 is 6. The summed E-state index contributed by atoms with van der Waals surface area (Å²) in [4.78, 5) is 5.14. The molecule has 0 atom stereocenters. The second-order valence-electron chi connectivity index (χ2n) is 12.8. The maximum atomic E-state index is 5.65. The van der Waals surface area contributed by atoms with Crippen LogP contribution < -0.4 is 33.3 Å². The second kappa shape index (κ2) is 18.5. The molecule has 5 aromatic carbocycles. The highest BCUT2D eigenvalue weighted by Crippen LogP contribution is 2.43. The lowest BCUT2D eigenvalue weighted by atomic mass is 9.98. The lowest BCUT2D eigenvalue weighted by Crippen LogP contribution is -2.44. The van der Waals surface area contributed by atoms with Crippen LogP contribution in [0.15, 0.2) is 102 Å². The van der Waals surface area contributed by atoms with Gasteiger partial charge in [-0.25, -0.2) is 0 Å². The Hall–Kier alpha value is -4.57. The fraction of sp³-hybridized carbons (Fsp3) is 0.302. The molecule has 0 aliphatic carbocycles. The van der Waals surface area contributed by atoms with Crippen molar-refractivity contribution in [3.8, 4) is 56.8 Å². The molecule has 1 heterocycles.